The first-order valence-electron chi connectivity index (χ1n) is 7.62. The minimum absolute atomic E-state index is 0.0969. The lowest BCUT2D eigenvalue weighted by molar-refractivity contribution is -0.137. The monoisotopic (exact) mass is 311 g/mol. The molecule has 0 saturated heterocycles. The lowest BCUT2D eigenvalue weighted by Crippen LogP contribution is -2.25. The molecule has 0 fully saturated rings. The molecule has 0 aromatic carbocycles. The van der Waals surface area contributed by atoms with Gasteiger partial charge in [-0.2, -0.15) is 0 Å². The number of carbonyl (C=O) groups excluding carboxylic acids is 1. The van der Waals surface area contributed by atoms with Crippen LogP contribution in [0.2, 0.25) is 0 Å². The molecule has 4 nitrogen and oxygen atoms in total. The van der Waals surface area contributed by atoms with E-state index < -0.39 is 5.97 Å². The van der Waals surface area contributed by atoms with E-state index in [1.54, 1.807) is 11.3 Å². The summed E-state index contributed by atoms with van der Waals surface area (Å²) in [7, 11) is 0. The second-order valence-corrected chi connectivity index (χ2v) is 6.31. The standard InChI is InChI=1S/C16H25NO3S/c1-2-13(8-9-16(19)20)10-11-17-15(18)7-3-5-14-6-4-12-21-14/h4,6,12-13H,2-3,5,7-11H2,1H3,(H,17,18)(H,19,20). The van der Waals surface area contributed by atoms with Crippen molar-refractivity contribution in [3.63, 3.8) is 0 Å². The van der Waals surface area contributed by atoms with Gasteiger partial charge in [0, 0.05) is 24.3 Å². The zero-order valence-corrected chi connectivity index (χ0v) is 13.5. The maximum Gasteiger partial charge on any atom is 0.303 e. The van der Waals surface area contributed by atoms with Gasteiger partial charge in [-0.05, 0) is 43.0 Å². The number of carboxylic acid groups (broad SMARTS) is 1. The third-order valence-electron chi connectivity index (χ3n) is 3.63. The van der Waals surface area contributed by atoms with E-state index in [2.05, 4.69) is 23.7 Å². The molecule has 2 N–H and O–H groups in total. The maximum absolute atomic E-state index is 11.7. The Morgan fingerprint density at radius 3 is 2.76 bits per heavy atom. The van der Waals surface area contributed by atoms with Gasteiger partial charge < -0.3 is 10.4 Å². The van der Waals surface area contributed by atoms with E-state index in [1.807, 2.05) is 6.07 Å². The lowest BCUT2D eigenvalue weighted by Gasteiger charge is -2.14. The van der Waals surface area contributed by atoms with Gasteiger partial charge in [0.05, 0.1) is 0 Å². The van der Waals surface area contributed by atoms with E-state index in [0.29, 0.717) is 25.3 Å². The van der Waals surface area contributed by atoms with Crippen molar-refractivity contribution in [1.29, 1.82) is 0 Å². The molecule has 118 valence electrons. The van der Waals surface area contributed by atoms with Gasteiger partial charge >= 0.3 is 5.97 Å². The van der Waals surface area contributed by atoms with Crippen molar-refractivity contribution in [2.45, 2.75) is 51.9 Å². The van der Waals surface area contributed by atoms with Crippen LogP contribution < -0.4 is 5.32 Å². The van der Waals surface area contributed by atoms with E-state index in [9.17, 15) is 9.59 Å². The molecule has 1 aromatic rings. The molecule has 5 heteroatoms. The minimum Gasteiger partial charge on any atom is -0.481 e. The van der Waals surface area contributed by atoms with Gasteiger partial charge in [0.25, 0.3) is 0 Å². The molecule has 0 spiro atoms. The summed E-state index contributed by atoms with van der Waals surface area (Å²) in [5, 5.41) is 13.7. The summed E-state index contributed by atoms with van der Waals surface area (Å²) in [5.41, 5.74) is 0. The van der Waals surface area contributed by atoms with E-state index in [-0.39, 0.29) is 12.3 Å². The van der Waals surface area contributed by atoms with Gasteiger partial charge in [-0.1, -0.05) is 19.4 Å². The molecule has 0 aliphatic heterocycles. The van der Waals surface area contributed by atoms with E-state index in [4.69, 9.17) is 5.11 Å². The van der Waals surface area contributed by atoms with Crippen LogP contribution in [0.1, 0.15) is 50.3 Å². The van der Waals surface area contributed by atoms with Crippen molar-refractivity contribution in [2.75, 3.05) is 6.54 Å². The zero-order chi connectivity index (χ0) is 15.5. The first kappa shape index (κ1) is 17.7. The van der Waals surface area contributed by atoms with Gasteiger partial charge in [0.15, 0.2) is 0 Å². The first-order chi connectivity index (χ1) is 10.1. The van der Waals surface area contributed by atoms with Crippen LogP contribution in [-0.4, -0.2) is 23.5 Å². The molecule has 1 amide bonds. The van der Waals surface area contributed by atoms with Gasteiger partial charge in [-0.25, -0.2) is 0 Å². The number of thiophene rings is 1. The number of hydrogen-bond donors (Lipinski definition) is 2. The average molecular weight is 311 g/mol. The van der Waals surface area contributed by atoms with Gasteiger partial charge in [-0.15, -0.1) is 11.3 Å². The van der Waals surface area contributed by atoms with Crippen LogP contribution >= 0.6 is 11.3 Å². The highest BCUT2D eigenvalue weighted by Gasteiger charge is 2.09. The summed E-state index contributed by atoms with van der Waals surface area (Å²) >= 11 is 1.73. The summed E-state index contributed by atoms with van der Waals surface area (Å²) in [5.74, 6) is -0.266. The highest BCUT2D eigenvalue weighted by Crippen LogP contribution is 2.15. The van der Waals surface area contributed by atoms with E-state index in [1.165, 1.54) is 4.88 Å². The number of aryl methyl sites for hydroxylation is 1. The number of amides is 1. The number of rotatable bonds is 11. The predicted octanol–water partition coefficient (Wildman–Crippen LogP) is 3.47. The number of hydrogen-bond acceptors (Lipinski definition) is 3. The molecule has 1 rings (SSSR count). The molecule has 1 heterocycles. The average Bonchev–Trinajstić information content (AvgIpc) is 2.95. The Kier molecular flexibility index (Phi) is 8.74. The van der Waals surface area contributed by atoms with Gasteiger partial charge in [0.1, 0.15) is 0 Å². The van der Waals surface area contributed by atoms with Crippen LogP contribution in [0.4, 0.5) is 0 Å². The third-order valence-corrected chi connectivity index (χ3v) is 4.56. The molecule has 0 aliphatic carbocycles. The fourth-order valence-electron chi connectivity index (χ4n) is 2.26. The summed E-state index contributed by atoms with van der Waals surface area (Å²) in [4.78, 5) is 23.6. The molecule has 0 radical (unpaired) electrons. The number of nitrogens with one attached hydrogen (secondary N) is 1. The Morgan fingerprint density at radius 2 is 2.14 bits per heavy atom. The molecule has 21 heavy (non-hydrogen) atoms. The Balaban J connectivity index is 2.07. The van der Waals surface area contributed by atoms with Crippen LogP contribution in [0.25, 0.3) is 0 Å². The molecular weight excluding hydrogens is 286 g/mol. The van der Waals surface area contributed by atoms with Crippen LogP contribution in [0, 0.1) is 5.92 Å². The van der Waals surface area contributed by atoms with Crippen LogP contribution in [0.3, 0.4) is 0 Å². The van der Waals surface area contributed by atoms with Crippen molar-refractivity contribution < 1.29 is 14.7 Å². The SMILES string of the molecule is CCC(CCNC(=O)CCCc1cccs1)CCC(=O)O. The number of aliphatic carboxylic acids is 1. The minimum atomic E-state index is -0.744. The molecule has 0 saturated carbocycles. The second-order valence-electron chi connectivity index (χ2n) is 5.28. The third kappa shape index (κ3) is 8.50. The van der Waals surface area contributed by atoms with Crippen molar-refractivity contribution >= 4 is 23.2 Å². The number of carbonyl (C=O) groups is 2. The van der Waals surface area contributed by atoms with E-state index >= 15 is 0 Å². The first-order valence-corrected chi connectivity index (χ1v) is 8.50. The Morgan fingerprint density at radius 1 is 1.33 bits per heavy atom. The number of carboxylic acids is 1. The molecule has 1 atom stereocenters. The summed E-state index contributed by atoms with van der Waals surface area (Å²) in [6, 6.07) is 4.12. The molecule has 0 bridgehead atoms. The summed E-state index contributed by atoms with van der Waals surface area (Å²) in [6.07, 6.45) is 5.13. The molecule has 1 unspecified atom stereocenters. The highest BCUT2D eigenvalue weighted by atomic mass is 32.1. The van der Waals surface area contributed by atoms with Crippen LogP contribution in [0.5, 0.6) is 0 Å². The second kappa shape index (κ2) is 10.4. The summed E-state index contributed by atoms with van der Waals surface area (Å²) < 4.78 is 0. The quantitative estimate of drug-likeness (QED) is 0.657. The van der Waals surface area contributed by atoms with Crippen LogP contribution in [-0.2, 0) is 16.0 Å². The van der Waals surface area contributed by atoms with Crippen molar-refractivity contribution in [3.05, 3.63) is 22.4 Å². The summed E-state index contributed by atoms with van der Waals surface area (Å²) in [6.45, 7) is 2.71. The van der Waals surface area contributed by atoms with E-state index in [0.717, 1.165) is 25.7 Å². The fraction of sp³-hybridized carbons (Fsp3) is 0.625. The fourth-order valence-corrected chi connectivity index (χ4v) is 3.01. The molecular formula is C16H25NO3S. The normalized spacial score (nSPS) is 12.0. The van der Waals surface area contributed by atoms with Crippen LogP contribution in [0.15, 0.2) is 17.5 Å². The van der Waals surface area contributed by atoms with Crippen molar-refractivity contribution in [2.24, 2.45) is 5.92 Å². The smallest absolute Gasteiger partial charge is 0.303 e. The Bertz CT molecular complexity index is 417. The Hall–Kier alpha value is -1.36. The molecule has 1 aromatic heterocycles. The van der Waals surface area contributed by atoms with Gasteiger partial charge in [0.2, 0.25) is 5.91 Å². The van der Waals surface area contributed by atoms with Gasteiger partial charge in [-0.3, -0.25) is 9.59 Å². The lowest BCUT2D eigenvalue weighted by atomic mass is 9.96. The van der Waals surface area contributed by atoms with Crippen molar-refractivity contribution in [3.8, 4) is 0 Å². The Labute approximate surface area is 130 Å². The maximum atomic E-state index is 11.7. The largest absolute Gasteiger partial charge is 0.481 e. The predicted molar refractivity (Wildman–Crippen MR) is 85.5 cm³/mol. The highest BCUT2D eigenvalue weighted by molar-refractivity contribution is 7.09. The topological polar surface area (TPSA) is 66.4 Å². The molecule has 0 aliphatic rings. The zero-order valence-electron chi connectivity index (χ0n) is 12.6. The van der Waals surface area contributed by atoms with Crippen molar-refractivity contribution in [1.82, 2.24) is 5.32 Å².